The zero-order chi connectivity index (χ0) is 14.8. The highest BCUT2D eigenvalue weighted by Crippen LogP contribution is 2.62. The van der Waals surface area contributed by atoms with Crippen molar-refractivity contribution in [3.05, 3.63) is 11.6 Å². The van der Waals surface area contributed by atoms with Crippen LogP contribution in [-0.4, -0.2) is 17.0 Å². The average Bonchev–Trinajstić information content (AvgIpc) is 2.74. The van der Waals surface area contributed by atoms with Gasteiger partial charge in [-0.1, -0.05) is 19.4 Å². The van der Waals surface area contributed by atoms with Crippen molar-refractivity contribution in [2.75, 3.05) is 0 Å². The van der Waals surface area contributed by atoms with Gasteiger partial charge in [0.1, 0.15) is 0 Å². The van der Waals surface area contributed by atoms with E-state index >= 15 is 0 Å². The van der Waals surface area contributed by atoms with Crippen LogP contribution in [0.4, 0.5) is 0 Å². The standard InChI is InChI=1S/C19H28O2/c1-11-9-12-10-13(20)3-4-14(12)15-7-8-19(2)16(18(11)15)5-6-17(19)21/h10-11,14-18,21H,3-9H2,1-2H3/t11-,14+,15-,16-,17-,18-,19+/m1/s1. The lowest BCUT2D eigenvalue weighted by Gasteiger charge is -2.55. The maximum atomic E-state index is 11.8. The molecule has 0 aromatic heterocycles. The van der Waals surface area contributed by atoms with Crippen LogP contribution in [0.3, 0.4) is 0 Å². The molecule has 0 aromatic rings. The van der Waals surface area contributed by atoms with Crippen LogP contribution in [0.1, 0.15) is 58.8 Å². The van der Waals surface area contributed by atoms with Crippen LogP contribution in [-0.2, 0) is 4.79 Å². The Balaban J connectivity index is 1.68. The number of ketones is 1. The van der Waals surface area contributed by atoms with Crippen molar-refractivity contribution in [3.63, 3.8) is 0 Å². The molecule has 0 unspecified atom stereocenters. The van der Waals surface area contributed by atoms with E-state index in [2.05, 4.69) is 13.8 Å². The van der Waals surface area contributed by atoms with Crippen LogP contribution in [0.25, 0.3) is 0 Å². The fraction of sp³-hybridized carbons (Fsp3) is 0.842. The quantitative estimate of drug-likeness (QED) is 0.737. The van der Waals surface area contributed by atoms with Crippen molar-refractivity contribution in [2.24, 2.45) is 35.0 Å². The highest BCUT2D eigenvalue weighted by molar-refractivity contribution is 5.91. The molecule has 2 nitrogen and oxygen atoms in total. The fourth-order valence-electron chi connectivity index (χ4n) is 6.56. The Morgan fingerprint density at radius 2 is 2.05 bits per heavy atom. The highest BCUT2D eigenvalue weighted by atomic mass is 16.3. The number of hydrogen-bond acceptors (Lipinski definition) is 2. The fourth-order valence-corrected chi connectivity index (χ4v) is 6.56. The first-order chi connectivity index (χ1) is 10.0. The van der Waals surface area contributed by atoms with Gasteiger partial charge in [0, 0.05) is 6.42 Å². The Morgan fingerprint density at radius 3 is 2.86 bits per heavy atom. The molecule has 0 heterocycles. The zero-order valence-electron chi connectivity index (χ0n) is 13.3. The van der Waals surface area contributed by atoms with Gasteiger partial charge in [-0.2, -0.15) is 0 Å². The molecule has 0 bridgehead atoms. The molecule has 4 aliphatic carbocycles. The lowest BCUT2D eigenvalue weighted by molar-refractivity contribution is -0.116. The molecule has 7 atom stereocenters. The molecule has 0 radical (unpaired) electrons. The third-order valence-corrected chi connectivity index (χ3v) is 7.59. The van der Waals surface area contributed by atoms with Crippen LogP contribution < -0.4 is 0 Å². The molecule has 0 aromatic carbocycles. The lowest BCUT2D eigenvalue weighted by atomic mass is 9.49. The second kappa shape index (κ2) is 4.68. The monoisotopic (exact) mass is 288 g/mol. The number of aliphatic hydroxyl groups is 1. The zero-order valence-corrected chi connectivity index (χ0v) is 13.3. The third-order valence-electron chi connectivity index (χ3n) is 7.59. The Bertz CT molecular complexity index is 494. The first kappa shape index (κ1) is 14.0. The summed E-state index contributed by atoms with van der Waals surface area (Å²) in [6.07, 6.45) is 9.54. The van der Waals surface area contributed by atoms with E-state index in [1.807, 2.05) is 6.08 Å². The molecule has 0 amide bonds. The van der Waals surface area contributed by atoms with Gasteiger partial charge in [0.15, 0.2) is 5.78 Å². The summed E-state index contributed by atoms with van der Waals surface area (Å²) in [4.78, 5) is 11.8. The molecule has 116 valence electrons. The molecule has 1 N–H and O–H groups in total. The van der Waals surface area contributed by atoms with Gasteiger partial charge in [0.2, 0.25) is 0 Å². The van der Waals surface area contributed by atoms with E-state index < -0.39 is 0 Å². The second-order valence-corrected chi connectivity index (χ2v) is 8.50. The summed E-state index contributed by atoms with van der Waals surface area (Å²) in [5.74, 6) is 3.96. The number of carbonyl (C=O) groups is 1. The van der Waals surface area contributed by atoms with Crippen LogP contribution >= 0.6 is 0 Å². The molecule has 4 aliphatic rings. The van der Waals surface area contributed by atoms with Crippen molar-refractivity contribution in [1.82, 2.24) is 0 Å². The Kier molecular flexibility index (Phi) is 3.12. The maximum absolute atomic E-state index is 11.8. The van der Waals surface area contributed by atoms with Crippen LogP contribution in [0.2, 0.25) is 0 Å². The molecule has 21 heavy (non-hydrogen) atoms. The van der Waals surface area contributed by atoms with Gasteiger partial charge in [0.25, 0.3) is 0 Å². The van der Waals surface area contributed by atoms with Gasteiger partial charge in [0.05, 0.1) is 6.10 Å². The molecule has 4 rings (SSSR count). The summed E-state index contributed by atoms with van der Waals surface area (Å²) < 4.78 is 0. The highest BCUT2D eigenvalue weighted by Gasteiger charge is 2.57. The number of allylic oxidation sites excluding steroid dienone is 1. The first-order valence-electron chi connectivity index (χ1n) is 8.92. The predicted molar refractivity (Wildman–Crippen MR) is 82.6 cm³/mol. The van der Waals surface area contributed by atoms with Gasteiger partial charge in [-0.25, -0.2) is 0 Å². The van der Waals surface area contributed by atoms with Crippen molar-refractivity contribution in [3.8, 4) is 0 Å². The average molecular weight is 288 g/mol. The van der Waals surface area contributed by atoms with E-state index in [4.69, 9.17) is 0 Å². The first-order valence-corrected chi connectivity index (χ1v) is 8.92. The lowest BCUT2D eigenvalue weighted by Crippen LogP contribution is -2.50. The van der Waals surface area contributed by atoms with Crippen molar-refractivity contribution >= 4 is 5.78 Å². The molecular weight excluding hydrogens is 260 g/mol. The van der Waals surface area contributed by atoms with E-state index in [0.717, 1.165) is 37.5 Å². The van der Waals surface area contributed by atoms with Crippen molar-refractivity contribution < 1.29 is 9.90 Å². The van der Waals surface area contributed by atoms with Gasteiger partial charge < -0.3 is 5.11 Å². The summed E-state index contributed by atoms with van der Waals surface area (Å²) in [6, 6.07) is 0. The molecule has 3 fully saturated rings. The van der Waals surface area contributed by atoms with Crippen LogP contribution in [0.5, 0.6) is 0 Å². The van der Waals surface area contributed by atoms with Gasteiger partial charge in [-0.05, 0) is 79.6 Å². The second-order valence-electron chi connectivity index (χ2n) is 8.50. The summed E-state index contributed by atoms with van der Waals surface area (Å²) in [7, 11) is 0. The van der Waals surface area contributed by atoms with Gasteiger partial charge >= 0.3 is 0 Å². The van der Waals surface area contributed by atoms with E-state index in [1.165, 1.54) is 24.8 Å². The van der Waals surface area contributed by atoms with Gasteiger partial charge in [-0.15, -0.1) is 0 Å². The summed E-state index contributed by atoms with van der Waals surface area (Å²) in [5, 5.41) is 10.5. The van der Waals surface area contributed by atoms with Crippen molar-refractivity contribution in [2.45, 2.75) is 64.9 Å². The van der Waals surface area contributed by atoms with E-state index in [0.29, 0.717) is 23.5 Å². The molecule has 0 spiro atoms. The minimum atomic E-state index is -0.0828. The SMILES string of the molecule is C[C@@H]1CC2=CC(=O)CC[C@@H]2[C@H]2CC[C@]3(C)[C@H](O)CC[C@@H]3[C@@H]21. The molecular formula is C19H28O2. The minimum Gasteiger partial charge on any atom is -0.393 e. The largest absolute Gasteiger partial charge is 0.393 e. The van der Waals surface area contributed by atoms with Gasteiger partial charge in [-0.3, -0.25) is 4.79 Å². The molecule has 0 saturated heterocycles. The van der Waals surface area contributed by atoms with E-state index in [-0.39, 0.29) is 11.5 Å². The number of rotatable bonds is 0. The maximum Gasteiger partial charge on any atom is 0.155 e. The normalized spacial score (nSPS) is 52.7. The number of fused-ring (bicyclic) bond motifs is 5. The number of carbonyl (C=O) groups excluding carboxylic acids is 1. The van der Waals surface area contributed by atoms with Crippen LogP contribution in [0, 0.1) is 35.0 Å². The summed E-state index contributed by atoms with van der Waals surface area (Å²) >= 11 is 0. The third kappa shape index (κ3) is 1.91. The number of hydrogen-bond donors (Lipinski definition) is 1. The van der Waals surface area contributed by atoms with Crippen molar-refractivity contribution in [1.29, 1.82) is 0 Å². The molecule has 2 heteroatoms. The molecule has 3 saturated carbocycles. The Hall–Kier alpha value is -0.630. The van der Waals surface area contributed by atoms with E-state index in [9.17, 15) is 9.90 Å². The minimum absolute atomic E-state index is 0.0828. The topological polar surface area (TPSA) is 37.3 Å². The molecule has 0 aliphatic heterocycles. The van der Waals surface area contributed by atoms with Crippen LogP contribution in [0.15, 0.2) is 11.6 Å². The Morgan fingerprint density at radius 1 is 1.24 bits per heavy atom. The summed E-state index contributed by atoms with van der Waals surface area (Å²) in [5.41, 5.74) is 1.63. The summed E-state index contributed by atoms with van der Waals surface area (Å²) in [6.45, 7) is 4.73. The smallest absolute Gasteiger partial charge is 0.155 e. The van der Waals surface area contributed by atoms with E-state index in [1.54, 1.807) is 0 Å². The Labute approximate surface area is 128 Å². The number of aliphatic hydroxyl groups excluding tert-OH is 1. The predicted octanol–water partition coefficient (Wildman–Crippen LogP) is 3.74.